The minimum atomic E-state index is -3.21. The van der Waals surface area contributed by atoms with E-state index in [-0.39, 0.29) is 12.2 Å². The van der Waals surface area contributed by atoms with Gasteiger partial charge < -0.3 is 14.7 Å². The minimum absolute atomic E-state index is 0.264. The molecule has 21 heavy (non-hydrogen) atoms. The van der Waals surface area contributed by atoms with Crippen LogP contribution < -0.4 is 9.64 Å². The highest BCUT2D eigenvalue weighted by molar-refractivity contribution is 5.74. The molecule has 0 aliphatic heterocycles. The monoisotopic (exact) mass is 304 g/mol. The summed E-state index contributed by atoms with van der Waals surface area (Å²) >= 11 is 0. The second-order valence-corrected chi connectivity index (χ2v) is 4.10. The van der Waals surface area contributed by atoms with Crippen LogP contribution in [0.4, 0.5) is 20.2 Å². The number of hydrogen-bond donors (Lipinski definition) is 1. The minimum Gasteiger partial charge on any atom is -0.480 e. The molecule has 1 N–H and O–H groups in total. The molecule has 116 valence electrons. The standard InChI is InChI=1S/C12H14F2N2O5/c1-2-5-15(7-11(17)18)8-3-4-9(16(19)20)10(6-8)21-12(13)14/h3-4,6,12H,2,5,7H2,1H3,(H,17,18). The Morgan fingerprint density at radius 2 is 2.19 bits per heavy atom. The molecule has 1 aromatic carbocycles. The van der Waals surface area contributed by atoms with Crippen molar-refractivity contribution in [2.75, 3.05) is 18.0 Å². The van der Waals surface area contributed by atoms with Gasteiger partial charge in [-0.2, -0.15) is 8.78 Å². The normalized spacial score (nSPS) is 10.5. The third-order valence-electron chi connectivity index (χ3n) is 2.54. The molecule has 0 aromatic heterocycles. The molecule has 0 radical (unpaired) electrons. The quantitative estimate of drug-likeness (QED) is 0.586. The van der Waals surface area contributed by atoms with Gasteiger partial charge in [0.05, 0.1) is 4.92 Å². The number of aliphatic carboxylic acids is 1. The molecule has 0 aliphatic carbocycles. The fourth-order valence-corrected chi connectivity index (χ4v) is 1.77. The van der Waals surface area contributed by atoms with Crippen molar-refractivity contribution in [3.05, 3.63) is 28.3 Å². The summed E-state index contributed by atoms with van der Waals surface area (Å²) in [6.07, 6.45) is 0.620. The van der Waals surface area contributed by atoms with Gasteiger partial charge in [-0.3, -0.25) is 14.9 Å². The van der Waals surface area contributed by atoms with Crippen LogP contribution in [0.25, 0.3) is 0 Å². The fraction of sp³-hybridized carbons (Fsp3) is 0.417. The first-order valence-corrected chi connectivity index (χ1v) is 6.05. The van der Waals surface area contributed by atoms with Crippen molar-refractivity contribution in [1.82, 2.24) is 0 Å². The van der Waals surface area contributed by atoms with E-state index in [4.69, 9.17) is 5.11 Å². The van der Waals surface area contributed by atoms with Gasteiger partial charge in [0.1, 0.15) is 6.54 Å². The summed E-state index contributed by atoms with van der Waals surface area (Å²) in [5, 5.41) is 19.6. The molecular formula is C12H14F2N2O5. The largest absolute Gasteiger partial charge is 0.480 e. The Hall–Kier alpha value is -2.45. The molecular weight excluding hydrogens is 290 g/mol. The predicted molar refractivity (Wildman–Crippen MR) is 69.9 cm³/mol. The van der Waals surface area contributed by atoms with Crippen molar-refractivity contribution in [2.24, 2.45) is 0 Å². The first-order valence-electron chi connectivity index (χ1n) is 6.05. The van der Waals surface area contributed by atoms with Gasteiger partial charge in [0.25, 0.3) is 0 Å². The second kappa shape index (κ2) is 7.36. The fourth-order valence-electron chi connectivity index (χ4n) is 1.77. The van der Waals surface area contributed by atoms with Crippen LogP contribution in [0.5, 0.6) is 5.75 Å². The summed E-state index contributed by atoms with van der Waals surface area (Å²) in [4.78, 5) is 22.1. The highest BCUT2D eigenvalue weighted by Crippen LogP contribution is 2.32. The molecule has 0 fully saturated rings. The van der Waals surface area contributed by atoms with E-state index < -0.39 is 28.9 Å². The number of ether oxygens (including phenoxy) is 1. The maximum absolute atomic E-state index is 12.3. The van der Waals surface area contributed by atoms with E-state index in [0.29, 0.717) is 13.0 Å². The highest BCUT2D eigenvalue weighted by Gasteiger charge is 2.21. The molecule has 1 rings (SSSR count). The zero-order valence-corrected chi connectivity index (χ0v) is 11.2. The molecule has 0 saturated heterocycles. The van der Waals surface area contributed by atoms with Crippen LogP contribution in [-0.2, 0) is 4.79 Å². The van der Waals surface area contributed by atoms with Crippen LogP contribution >= 0.6 is 0 Å². The Morgan fingerprint density at radius 1 is 1.52 bits per heavy atom. The van der Waals surface area contributed by atoms with Crippen LogP contribution in [-0.4, -0.2) is 35.7 Å². The number of carboxylic acid groups (broad SMARTS) is 1. The number of carboxylic acids is 1. The lowest BCUT2D eigenvalue weighted by Crippen LogP contribution is -2.30. The number of nitro benzene ring substituents is 1. The molecule has 9 heteroatoms. The maximum Gasteiger partial charge on any atom is 0.387 e. The van der Waals surface area contributed by atoms with Crippen molar-refractivity contribution in [3.63, 3.8) is 0 Å². The maximum atomic E-state index is 12.3. The van der Waals surface area contributed by atoms with E-state index in [2.05, 4.69) is 4.74 Å². The summed E-state index contributed by atoms with van der Waals surface area (Å²) in [5.74, 6) is -1.70. The van der Waals surface area contributed by atoms with Crippen LogP contribution in [0.1, 0.15) is 13.3 Å². The summed E-state index contributed by atoms with van der Waals surface area (Å²) in [5.41, 5.74) is -0.341. The number of carbonyl (C=O) groups is 1. The molecule has 0 bridgehead atoms. The van der Waals surface area contributed by atoms with E-state index in [9.17, 15) is 23.7 Å². The lowest BCUT2D eigenvalue weighted by atomic mass is 10.2. The second-order valence-electron chi connectivity index (χ2n) is 4.10. The first kappa shape index (κ1) is 16.6. The Balaban J connectivity index is 3.17. The zero-order chi connectivity index (χ0) is 16.0. The SMILES string of the molecule is CCCN(CC(=O)O)c1ccc([N+](=O)[O-])c(OC(F)F)c1. The van der Waals surface area contributed by atoms with E-state index in [1.807, 2.05) is 6.92 Å². The molecule has 0 aliphatic rings. The van der Waals surface area contributed by atoms with E-state index in [1.54, 1.807) is 0 Å². The van der Waals surface area contributed by atoms with Gasteiger partial charge in [-0.05, 0) is 12.5 Å². The first-order chi connectivity index (χ1) is 9.85. The number of hydrogen-bond acceptors (Lipinski definition) is 5. The van der Waals surface area contributed by atoms with Crippen molar-refractivity contribution >= 4 is 17.3 Å². The Bertz CT molecular complexity index is 524. The molecule has 0 saturated carbocycles. The summed E-state index contributed by atoms with van der Waals surface area (Å²) in [6.45, 7) is -1.38. The number of nitro groups is 1. The third-order valence-corrected chi connectivity index (χ3v) is 2.54. The van der Waals surface area contributed by atoms with Crippen molar-refractivity contribution in [3.8, 4) is 5.75 Å². The van der Waals surface area contributed by atoms with Gasteiger partial charge in [-0.25, -0.2) is 0 Å². The van der Waals surface area contributed by atoms with Crippen LogP contribution in [0.15, 0.2) is 18.2 Å². The van der Waals surface area contributed by atoms with E-state index in [1.165, 1.54) is 11.0 Å². The van der Waals surface area contributed by atoms with Gasteiger partial charge in [0.2, 0.25) is 5.75 Å². The summed E-state index contributed by atoms with van der Waals surface area (Å²) in [7, 11) is 0. The number of rotatable bonds is 8. The van der Waals surface area contributed by atoms with Gasteiger partial charge in [-0.15, -0.1) is 0 Å². The van der Waals surface area contributed by atoms with Crippen LogP contribution in [0.3, 0.4) is 0 Å². The molecule has 7 nitrogen and oxygen atoms in total. The molecule has 0 unspecified atom stereocenters. The average Bonchev–Trinajstić information content (AvgIpc) is 2.36. The Labute approximate surface area is 118 Å². The van der Waals surface area contributed by atoms with Crippen LogP contribution in [0.2, 0.25) is 0 Å². The lowest BCUT2D eigenvalue weighted by Gasteiger charge is -2.22. The topological polar surface area (TPSA) is 92.9 Å². The summed E-state index contributed by atoms with van der Waals surface area (Å²) < 4.78 is 28.7. The average molecular weight is 304 g/mol. The molecule has 1 aromatic rings. The van der Waals surface area contributed by atoms with Gasteiger partial charge in [-0.1, -0.05) is 6.92 Å². The highest BCUT2D eigenvalue weighted by atomic mass is 19.3. The lowest BCUT2D eigenvalue weighted by molar-refractivity contribution is -0.386. The zero-order valence-electron chi connectivity index (χ0n) is 11.2. The molecule has 0 atom stereocenters. The van der Waals surface area contributed by atoms with Gasteiger partial charge in [0, 0.05) is 24.4 Å². The number of benzene rings is 1. The molecule has 0 heterocycles. The Morgan fingerprint density at radius 3 is 2.67 bits per heavy atom. The van der Waals surface area contributed by atoms with Crippen LogP contribution in [0, 0.1) is 10.1 Å². The van der Waals surface area contributed by atoms with Crippen molar-refractivity contribution in [1.29, 1.82) is 0 Å². The molecule has 0 amide bonds. The van der Waals surface area contributed by atoms with E-state index >= 15 is 0 Å². The third kappa shape index (κ3) is 4.86. The van der Waals surface area contributed by atoms with Gasteiger partial charge >= 0.3 is 18.3 Å². The van der Waals surface area contributed by atoms with E-state index in [0.717, 1.165) is 12.1 Å². The van der Waals surface area contributed by atoms with Crippen molar-refractivity contribution in [2.45, 2.75) is 20.0 Å². The number of alkyl halides is 2. The Kier molecular flexibility index (Phi) is 5.82. The smallest absolute Gasteiger partial charge is 0.387 e. The van der Waals surface area contributed by atoms with Gasteiger partial charge in [0.15, 0.2) is 0 Å². The summed E-state index contributed by atoms with van der Waals surface area (Å²) in [6, 6.07) is 3.36. The number of anilines is 1. The predicted octanol–water partition coefficient (Wildman–Crippen LogP) is 2.50. The number of halogens is 2. The molecule has 0 spiro atoms. The van der Waals surface area contributed by atoms with Crippen molar-refractivity contribution < 1.29 is 28.3 Å². The number of nitrogens with zero attached hydrogens (tertiary/aromatic N) is 2.